The zero-order valence-corrected chi connectivity index (χ0v) is 11.7. The van der Waals surface area contributed by atoms with Crippen LogP contribution in [-0.4, -0.2) is 16.5 Å². The third kappa shape index (κ3) is 2.17. The number of hydrogen-bond donors (Lipinski definition) is 1. The molecule has 0 aliphatic heterocycles. The first-order chi connectivity index (χ1) is 8.97. The van der Waals surface area contributed by atoms with Crippen LogP contribution < -0.4 is 11.3 Å². The summed E-state index contributed by atoms with van der Waals surface area (Å²) in [6.07, 6.45) is 0. The molecule has 0 aliphatic carbocycles. The summed E-state index contributed by atoms with van der Waals surface area (Å²) in [5.41, 5.74) is 9.63. The van der Waals surface area contributed by atoms with Gasteiger partial charge in [-0.2, -0.15) is 0 Å². The van der Waals surface area contributed by atoms with Crippen LogP contribution in [-0.2, 0) is 18.4 Å². The summed E-state index contributed by atoms with van der Waals surface area (Å²) in [6, 6.07) is 5.96. The molecule has 0 fully saturated rings. The standard InChI is InChI=1S/C14H19N3O2/c1-9-5-6-11(10(2)7-9)17-14(18)13(15)12(8-19-4)16(17)3/h5-7H,8,15H2,1-4H3. The number of ether oxygens (including phenoxy) is 1. The third-order valence-corrected chi connectivity index (χ3v) is 3.29. The molecule has 0 radical (unpaired) electrons. The predicted octanol–water partition coefficient (Wildman–Crippen LogP) is 1.52. The van der Waals surface area contributed by atoms with E-state index in [1.54, 1.807) is 16.5 Å². The predicted molar refractivity (Wildman–Crippen MR) is 75.6 cm³/mol. The van der Waals surface area contributed by atoms with Gasteiger partial charge < -0.3 is 10.5 Å². The van der Waals surface area contributed by atoms with E-state index >= 15 is 0 Å². The van der Waals surface area contributed by atoms with Gasteiger partial charge in [0.05, 0.1) is 18.0 Å². The molecule has 2 rings (SSSR count). The molecule has 1 aromatic heterocycles. The van der Waals surface area contributed by atoms with E-state index in [0.29, 0.717) is 12.3 Å². The number of rotatable bonds is 3. The molecule has 5 heteroatoms. The topological polar surface area (TPSA) is 62.2 Å². The number of nitrogens with zero attached hydrogens (tertiary/aromatic N) is 2. The molecular formula is C14H19N3O2. The second kappa shape index (κ2) is 4.93. The molecule has 0 unspecified atom stereocenters. The summed E-state index contributed by atoms with van der Waals surface area (Å²) in [4.78, 5) is 12.3. The Morgan fingerprint density at radius 3 is 2.58 bits per heavy atom. The van der Waals surface area contributed by atoms with Gasteiger partial charge in [0.25, 0.3) is 5.56 Å². The van der Waals surface area contributed by atoms with Crippen molar-refractivity contribution in [2.75, 3.05) is 12.8 Å². The van der Waals surface area contributed by atoms with Gasteiger partial charge in [-0.1, -0.05) is 17.7 Å². The Labute approximate surface area is 112 Å². The molecule has 19 heavy (non-hydrogen) atoms. The number of methoxy groups -OCH3 is 1. The average Bonchev–Trinajstić information content (AvgIpc) is 2.55. The Kier molecular flexibility index (Phi) is 3.48. The lowest BCUT2D eigenvalue weighted by atomic mass is 10.1. The molecule has 102 valence electrons. The van der Waals surface area contributed by atoms with E-state index in [9.17, 15) is 4.79 Å². The lowest BCUT2D eigenvalue weighted by Crippen LogP contribution is -2.21. The van der Waals surface area contributed by atoms with E-state index in [2.05, 4.69) is 0 Å². The Morgan fingerprint density at radius 1 is 1.32 bits per heavy atom. The van der Waals surface area contributed by atoms with Crippen LogP contribution in [0.1, 0.15) is 16.8 Å². The Morgan fingerprint density at radius 2 is 2.00 bits per heavy atom. The van der Waals surface area contributed by atoms with Crippen molar-refractivity contribution in [2.45, 2.75) is 20.5 Å². The molecule has 2 aromatic rings. The maximum absolute atomic E-state index is 12.3. The Balaban J connectivity index is 2.69. The van der Waals surface area contributed by atoms with Gasteiger partial charge >= 0.3 is 0 Å². The summed E-state index contributed by atoms with van der Waals surface area (Å²) in [5.74, 6) is 0. The van der Waals surface area contributed by atoms with Crippen molar-refractivity contribution in [3.8, 4) is 5.69 Å². The lowest BCUT2D eigenvalue weighted by Gasteiger charge is -2.12. The zero-order chi connectivity index (χ0) is 14.2. The number of nitrogen functional groups attached to an aromatic ring is 1. The van der Waals surface area contributed by atoms with Crippen LogP contribution in [0.15, 0.2) is 23.0 Å². The fourth-order valence-corrected chi connectivity index (χ4v) is 2.29. The van der Waals surface area contributed by atoms with Crippen LogP contribution >= 0.6 is 0 Å². The van der Waals surface area contributed by atoms with Crippen LogP contribution in [0.25, 0.3) is 5.69 Å². The molecule has 0 saturated heterocycles. The number of hydrogen-bond acceptors (Lipinski definition) is 3. The number of anilines is 1. The fourth-order valence-electron chi connectivity index (χ4n) is 2.29. The minimum Gasteiger partial charge on any atom is -0.393 e. The van der Waals surface area contributed by atoms with Crippen molar-refractivity contribution in [2.24, 2.45) is 7.05 Å². The van der Waals surface area contributed by atoms with Crippen molar-refractivity contribution in [1.82, 2.24) is 9.36 Å². The number of aryl methyl sites for hydroxylation is 2. The van der Waals surface area contributed by atoms with Crippen LogP contribution in [0.2, 0.25) is 0 Å². The molecule has 0 aliphatic rings. The quantitative estimate of drug-likeness (QED) is 0.911. The number of nitrogens with two attached hydrogens (primary N) is 1. The molecule has 1 aromatic carbocycles. The van der Waals surface area contributed by atoms with Gasteiger partial charge in [-0.15, -0.1) is 0 Å². The summed E-state index contributed by atoms with van der Waals surface area (Å²) >= 11 is 0. The normalized spacial score (nSPS) is 10.9. The van der Waals surface area contributed by atoms with Crippen LogP contribution in [0.3, 0.4) is 0 Å². The van der Waals surface area contributed by atoms with E-state index in [-0.39, 0.29) is 11.2 Å². The van der Waals surface area contributed by atoms with Gasteiger partial charge in [0.1, 0.15) is 5.69 Å². The van der Waals surface area contributed by atoms with Gasteiger partial charge in [-0.05, 0) is 25.5 Å². The lowest BCUT2D eigenvalue weighted by molar-refractivity contribution is 0.177. The molecule has 0 bridgehead atoms. The van der Waals surface area contributed by atoms with Crippen molar-refractivity contribution >= 4 is 5.69 Å². The highest BCUT2D eigenvalue weighted by Crippen LogP contribution is 2.17. The van der Waals surface area contributed by atoms with Gasteiger partial charge in [0.15, 0.2) is 0 Å². The molecule has 0 atom stereocenters. The van der Waals surface area contributed by atoms with E-state index in [1.807, 2.05) is 39.1 Å². The highest BCUT2D eigenvalue weighted by atomic mass is 16.5. The Hall–Kier alpha value is -2.01. The summed E-state index contributed by atoms with van der Waals surface area (Å²) in [6.45, 7) is 4.32. The van der Waals surface area contributed by atoms with E-state index in [4.69, 9.17) is 10.5 Å². The van der Waals surface area contributed by atoms with Crippen molar-refractivity contribution < 1.29 is 4.74 Å². The first kappa shape index (κ1) is 13.4. The molecule has 5 nitrogen and oxygen atoms in total. The van der Waals surface area contributed by atoms with Crippen LogP contribution in [0, 0.1) is 13.8 Å². The molecular weight excluding hydrogens is 242 g/mol. The molecule has 2 N–H and O–H groups in total. The van der Waals surface area contributed by atoms with E-state index in [1.165, 1.54) is 0 Å². The fraction of sp³-hybridized carbons (Fsp3) is 0.357. The minimum absolute atomic E-state index is 0.207. The highest BCUT2D eigenvalue weighted by Gasteiger charge is 2.17. The second-order valence-corrected chi connectivity index (χ2v) is 4.72. The van der Waals surface area contributed by atoms with Crippen molar-refractivity contribution in [3.63, 3.8) is 0 Å². The molecule has 0 spiro atoms. The highest BCUT2D eigenvalue weighted by molar-refractivity contribution is 5.48. The van der Waals surface area contributed by atoms with Gasteiger partial charge in [0.2, 0.25) is 0 Å². The van der Waals surface area contributed by atoms with Crippen LogP contribution in [0.5, 0.6) is 0 Å². The van der Waals surface area contributed by atoms with E-state index in [0.717, 1.165) is 16.8 Å². The summed E-state index contributed by atoms with van der Waals surface area (Å²) < 4.78 is 8.42. The largest absolute Gasteiger partial charge is 0.393 e. The van der Waals surface area contributed by atoms with E-state index < -0.39 is 0 Å². The average molecular weight is 261 g/mol. The minimum atomic E-state index is -0.207. The molecule has 1 heterocycles. The zero-order valence-electron chi connectivity index (χ0n) is 11.7. The monoisotopic (exact) mass is 261 g/mol. The smallest absolute Gasteiger partial charge is 0.294 e. The number of aromatic nitrogens is 2. The summed E-state index contributed by atoms with van der Waals surface area (Å²) in [5, 5.41) is 0. The van der Waals surface area contributed by atoms with Gasteiger partial charge in [0, 0.05) is 14.2 Å². The van der Waals surface area contributed by atoms with Crippen molar-refractivity contribution in [3.05, 3.63) is 45.4 Å². The molecule has 0 amide bonds. The first-order valence-electron chi connectivity index (χ1n) is 6.10. The SMILES string of the molecule is COCc1c(N)c(=O)n(-c2ccc(C)cc2C)n1C. The Bertz CT molecular complexity index is 668. The number of benzene rings is 1. The van der Waals surface area contributed by atoms with Crippen molar-refractivity contribution in [1.29, 1.82) is 0 Å². The second-order valence-electron chi connectivity index (χ2n) is 4.72. The van der Waals surface area contributed by atoms with Crippen LogP contribution in [0.4, 0.5) is 5.69 Å². The first-order valence-corrected chi connectivity index (χ1v) is 6.10. The van der Waals surface area contributed by atoms with Gasteiger partial charge in [-0.3, -0.25) is 9.48 Å². The summed E-state index contributed by atoms with van der Waals surface area (Å²) in [7, 11) is 3.39. The molecule has 0 saturated carbocycles. The maximum atomic E-state index is 12.3. The maximum Gasteiger partial charge on any atom is 0.294 e. The van der Waals surface area contributed by atoms with Gasteiger partial charge in [-0.25, -0.2) is 4.68 Å². The third-order valence-electron chi connectivity index (χ3n) is 3.29.